The SMILES string of the molecule is CC(C)(C)OC(=O)c1cc(=O)c2c(OCCCOc3cccc4oc(C(=O)OC(C)(C)C)cc(=O)c34)cccc2o1. The van der Waals surface area contributed by atoms with Gasteiger partial charge in [-0.25, -0.2) is 9.59 Å². The Kier molecular flexibility index (Phi) is 8.23. The van der Waals surface area contributed by atoms with Crippen LogP contribution in [0.15, 0.2) is 67.0 Å². The molecule has 0 spiro atoms. The Labute approximate surface area is 235 Å². The normalized spacial score (nSPS) is 11.9. The summed E-state index contributed by atoms with van der Waals surface area (Å²) in [5.41, 5.74) is -1.96. The van der Waals surface area contributed by atoms with Crippen LogP contribution in [0.4, 0.5) is 0 Å². The first kappa shape index (κ1) is 29.4. The van der Waals surface area contributed by atoms with E-state index < -0.39 is 34.0 Å². The van der Waals surface area contributed by atoms with Gasteiger partial charge in [-0.15, -0.1) is 0 Å². The second-order valence-electron chi connectivity index (χ2n) is 11.3. The minimum atomic E-state index is -0.739. The van der Waals surface area contributed by atoms with E-state index >= 15 is 0 Å². The van der Waals surface area contributed by atoms with Crippen LogP contribution < -0.4 is 20.3 Å². The van der Waals surface area contributed by atoms with Gasteiger partial charge in [-0.3, -0.25) is 9.59 Å². The Bertz CT molecular complexity index is 1590. The lowest BCUT2D eigenvalue weighted by atomic mass is 10.2. The maximum absolute atomic E-state index is 12.8. The van der Waals surface area contributed by atoms with Gasteiger partial charge in [0.25, 0.3) is 0 Å². The summed E-state index contributed by atoms with van der Waals surface area (Å²) < 4.78 is 33.5. The number of carbonyl (C=O) groups is 2. The van der Waals surface area contributed by atoms with Crippen LogP contribution in [0.3, 0.4) is 0 Å². The number of esters is 2. The van der Waals surface area contributed by atoms with Gasteiger partial charge < -0.3 is 27.8 Å². The average molecular weight is 565 g/mol. The predicted octanol–water partition coefficient (Wildman–Crippen LogP) is 5.66. The van der Waals surface area contributed by atoms with Crippen molar-refractivity contribution >= 4 is 33.9 Å². The summed E-state index contributed by atoms with van der Waals surface area (Å²) in [5.74, 6) is -1.26. The first-order valence-electron chi connectivity index (χ1n) is 13.1. The number of rotatable bonds is 8. The summed E-state index contributed by atoms with van der Waals surface area (Å²) in [4.78, 5) is 50.3. The minimum Gasteiger partial charge on any atom is -0.493 e. The second-order valence-corrected chi connectivity index (χ2v) is 11.3. The zero-order valence-corrected chi connectivity index (χ0v) is 23.8. The number of hydrogen-bond acceptors (Lipinski definition) is 10. The molecule has 216 valence electrons. The predicted molar refractivity (Wildman–Crippen MR) is 151 cm³/mol. The summed E-state index contributed by atoms with van der Waals surface area (Å²) in [7, 11) is 0. The molecule has 0 unspecified atom stereocenters. The van der Waals surface area contributed by atoms with Crippen molar-refractivity contribution in [1.29, 1.82) is 0 Å². The molecule has 2 aromatic heterocycles. The van der Waals surface area contributed by atoms with E-state index in [4.69, 9.17) is 27.8 Å². The van der Waals surface area contributed by atoms with Gasteiger partial charge in [-0.1, -0.05) is 12.1 Å². The smallest absolute Gasteiger partial charge is 0.374 e. The zero-order valence-electron chi connectivity index (χ0n) is 23.8. The van der Waals surface area contributed by atoms with Crippen molar-refractivity contribution < 1.29 is 37.4 Å². The lowest BCUT2D eigenvalue weighted by Gasteiger charge is -2.19. The lowest BCUT2D eigenvalue weighted by Crippen LogP contribution is -2.24. The maximum atomic E-state index is 12.8. The number of fused-ring (bicyclic) bond motifs is 2. The van der Waals surface area contributed by atoms with Crippen LogP contribution in [0.5, 0.6) is 11.5 Å². The van der Waals surface area contributed by atoms with Gasteiger partial charge >= 0.3 is 11.9 Å². The van der Waals surface area contributed by atoms with Crippen LogP contribution in [0.2, 0.25) is 0 Å². The summed E-state index contributed by atoms with van der Waals surface area (Å²) in [6, 6.07) is 11.9. The molecule has 41 heavy (non-hydrogen) atoms. The Balaban J connectivity index is 1.42. The van der Waals surface area contributed by atoms with Gasteiger partial charge in [0.1, 0.15) is 44.6 Å². The minimum absolute atomic E-state index is 0.189. The standard InChI is InChI=1S/C31H32O10/c1-30(2,3)40-28(34)24-16-18(32)26-20(10-7-12-22(26)38-24)36-14-9-15-37-21-11-8-13-23-27(21)19(33)17-25(39-23)29(35)41-31(4,5)6/h7-8,10-13,16-17H,9,14-15H2,1-6H3. The molecule has 0 aliphatic heterocycles. The fourth-order valence-electron chi connectivity index (χ4n) is 3.88. The van der Waals surface area contributed by atoms with Gasteiger partial charge in [-0.2, -0.15) is 0 Å². The molecule has 0 bridgehead atoms. The van der Waals surface area contributed by atoms with E-state index in [1.807, 2.05) is 0 Å². The number of ether oxygens (including phenoxy) is 4. The molecular formula is C31H32O10. The van der Waals surface area contributed by atoms with E-state index in [2.05, 4.69) is 0 Å². The van der Waals surface area contributed by atoms with Crippen LogP contribution >= 0.6 is 0 Å². The molecule has 0 atom stereocenters. The topological polar surface area (TPSA) is 131 Å². The van der Waals surface area contributed by atoms with Crippen LogP contribution in [0, 0.1) is 0 Å². The number of carbonyl (C=O) groups excluding carboxylic acids is 2. The van der Waals surface area contributed by atoms with E-state index in [9.17, 15) is 19.2 Å². The Morgan fingerprint density at radius 1 is 0.659 bits per heavy atom. The van der Waals surface area contributed by atoms with E-state index in [0.717, 1.165) is 12.1 Å². The van der Waals surface area contributed by atoms with Crippen LogP contribution in [-0.4, -0.2) is 36.4 Å². The van der Waals surface area contributed by atoms with Gasteiger partial charge in [0.2, 0.25) is 11.5 Å². The highest BCUT2D eigenvalue weighted by Gasteiger charge is 2.23. The molecule has 4 rings (SSSR count). The molecule has 0 saturated heterocycles. The number of benzene rings is 2. The molecule has 0 aliphatic carbocycles. The largest absolute Gasteiger partial charge is 0.493 e. The van der Waals surface area contributed by atoms with Gasteiger partial charge in [0.05, 0.1) is 13.2 Å². The Morgan fingerprint density at radius 2 is 1.05 bits per heavy atom. The van der Waals surface area contributed by atoms with Gasteiger partial charge in [-0.05, 0) is 65.8 Å². The third kappa shape index (κ3) is 7.33. The molecule has 2 aromatic carbocycles. The highest BCUT2D eigenvalue weighted by atomic mass is 16.6. The van der Waals surface area contributed by atoms with Gasteiger partial charge in [0, 0.05) is 18.6 Å². The molecule has 0 saturated carbocycles. The first-order chi connectivity index (χ1) is 19.2. The number of hydrogen-bond donors (Lipinski definition) is 0. The highest BCUT2D eigenvalue weighted by Crippen LogP contribution is 2.26. The van der Waals surface area contributed by atoms with Crippen molar-refractivity contribution in [2.24, 2.45) is 0 Å². The maximum Gasteiger partial charge on any atom is 0.374 e. The third-order valence-electron chi connectivity index (χ3n) is 5.44. The molecule has 0 aliphatic rings. The lowest BCUT2D eigenvalue weighted by molar-refractivity contribution is 0.00249. The van der Waals surface area contributed by atoms with Crippen molar-refractivity contribution in [3.63, 3.8) is 0 Å². The third-order valence-corrected chi connectivity index (χ3v) is 5.44. The Hall–Kier alpha value is -4.60. The fourth-order valence-corrected chi connectivity index (χ4v) is 3.88. The molecule has 2 heterocycles. The second kappa shape index (κ2) is 11.5. The van der Waals surface area contributed by atoms with E-state index in [1.54, 1.807) is 77.9 Å². The molecule has 10 heteroatoms. The summed E-state index contributed by atoms with van der Waals surface area (Å²) in [6.45, 7) is 10.7. The molecular weight excluding hydrogens is 532 g/mol. The molecule has 4 aromatic rings. The molecule has 0 amide bonds. The van der Waals surface area contributed by atoms with Gasteiger partial charge in [0.15, 0.2) is 10.9 Å². The molecule has 0 radical (unpaired) electrons. The highest BCUT2D eigenvalue weighted by molar-refractivity contribution is 5.91. The first-order valence-corrected chi connectivity index (χ1v) is 13.1. The average Bonchev–Trinajstić information content (AvgIpc) is 2.86. The molecule has 0 N–H and O–H groups in total. The quantitative estimate of drug-likeness (QED) is 0.195. The van der Waals surface area contributed by atoms with Crippen molar-refractivity contribution in [1.82, 2.24) is 0 Å². The Morgan fingerprint density at radius 3 is 1.41 bits per heavy atom. The summed E-state index contributed by atoms with van der Waals surface area (Å²) in [5, 5.41) is 0.404. The van der Waals surface area contributed by atoms with Crippen molar-refractivity contribution in [3.8, 4) is 11.5 Å². The van der Waals surface area contributed by atoms with E-state index in [0.29, 0.717) is 17.9 Å². The van der Waals surface area contributed by atoms with E-state index in [1.165, 1.54) is 0 Å². The summed E-state index contributed by atoms with van der Waals surface area (Å²) >= 11 is 0. The molecule has 0 fully saturated rings. The van der Waals surface area contributed by atoms with Crippen LogP contribution in [-0.2, 0) is 9.47 Å². The van der Waals surface area contributed by atoms with Crippen molar-refractivity contribution in [2.45, 2.75) is 59.2 Å². The summed E-state index contributed by atoms with van der Waals surface area (Å²) in [6.07, 6.45) is 0.412. The van der Waals surface area contributed by atoms with Crippen LogP contribution in [0.1, 0.15) is 69.1 Å². The zero-order chi connectivity index (χ0) is 29.9. The van der Waals surface area contributed by atoms with Crippen LogP contribution in [0.25, 0.3) is 21.9 Å². The van der Waals surface area contributed by atoms with Crippen molar-refractivity contribution in [2.75, 3.05) is 13.2 Å². The monoisotopic (exact) mass is 564 g/mol. The van der Waals surface area contributed by atoms with E-state index in [-0.39, 0.29) is 46.7 Å². The molecule has 10 nitrogen and oxygen atoms in total. The fraction of sp³-hybridized carbons (Fsp3) is 0.355. The van der Waals surface area contributed by atoms with Crippen molar-refractivity contribution in [3.05, 3.63) is 80.5 Å².